The van der Waals surface area contributed by atoms with Crippen LogP contribution < -0.4 is 25.6 Å². The molecule has 7 nitrogen and oxygen atoms in total. The maximum Gasteiger partial charge on any atom is 0.276 e. The van der Waals surface area contributed by atoms with Crippen LogP contribution in [0.3, 0.4) is 0 Å². The van der Waals surface area contributed by atoms with Crippen molar-refractivity contribution in [2.75, 3.05) is 13.2 Å². The first-order chi connectivity index (χ1) is 15.3. The van der Waals surface area contributed by atoms with Gasteiger partial charge >= 0.3 is 0 Å². The number of thiocarbonyl (C=S) groups is 1. The maximum absolute atomic E-state index is 12.4. The monoisotopic (exact) mass is 457 g/mol. The fourth-order valence-corrected chi connectivity index (χ4v) is 2.96. The summed E-state index contributed by atoms with van der Waals surface area (Å²) in [5, 5.41) is 2.49. The molecule has 2 rings (SSSR count). The first-order valence-electron chi connectivity index (χ1n) is 10.7. The lowest BCUT2D eigenvalue weighted by Gasteiger charge is -2.15. The summed E-state index contributed by atoms with van der Waals surface area (Å²) >= 11 is 5.09. The number of ether oxygens (including phenoxy) is 2. The largest absolute Gasteiger partial charge is 0.494 e. The summed E-state index contributed by atoms with van der Waals surface area (Å²) in [6.07, 6.45) is 1.97. The summed E-state index contributed by atoms with van der Waals surface area (Å²) in [5.41, 5.74) is 7.41. The Morgan fingerprint density at radius 3 is 2.56 bits per heavy atom. The molecule has 0 spiro atoms. The normalized spacial score (nSPS) is 10.4. The molecule has 0 saturated heterocycles. The predicted octanol–water partition coefficient (Wildman–Crippen LogP) is 4.01. The minimum absolute atomic E-state index is 0.0286. The molecule has 2 amide bonds. The number of carbonyl (C=O) groups is 2. The highest BCUT2D eigenvalue weighted by atomic mass is 32.1. The molecule has 0 aliphatic rings. The molecule has 172 valence electrons. The van der Waals surface area contributed by atoms with Crippen LogP contribution >= 0.6 is 12.2 Å². The minimum Gasteiger partial charge on any atom is -0.494 e. The summed E-state index contributed by atoms with van der Waals surface area (Å²) in [5.74, 6) is 0.726. The van der Waals surface area contributed by atoms with Gasteiger partial charge in [-0.25, -0.2) is 0 Å². The first-order valence-corrected chi connectivity index (χ1v) is 11.1. The second-order valence-corrected chi connectivity index (χ2v) is 8.08. The van der Waals surface area contributed by atoms with Gasteiger partial charge in [-0.15, -0.1) is 0 Å². The van der Waals surface area contributed by atoms with Crippen molar-refractivity contribution in [1.29, 1.82) is 0 Å². The second kappa shape index (κ2) is 12.7. The average molecular weight is 458 g/mol. The van der Waals surface area contributed by atoms with Gasteiger partial charge in [0.25, 0.3) is 11.8 Å². The van der Waals surface area contributed by atoms with Crippen LogP contribution in [-0.4, -0.2) is 30.1 Å². The summed E-state index contributed by atoms with van der Waals surface area (Å²) in [6, 6.07) is 12.8. The SMILES string of the molecule is CCCCOc1cccc(C(=O)NC(=S)NNC(=O)COc2cc(C)ccc2C(C)C)c1. The van der Waals surface area contributed by atoms with Crippen LogP contribution in [0.1, 0.15) is 61.0 Å². The van der Waals surface area contributed by atoms with Gasteiger partial charge in [-0.05, 0) is 66.9 Å². The van der Waals surface area contributed by atoms with Gasteiger partial charge in [0.2, 0.25) is 0 Å². The molecule has 0 atom stereocenters. The summed E-state index contributed by atoms with van der Waals surface area (Å²) in [4.78, 5) is 24.5. The molecular formula is C24H31N3O4S. The van der Waals surface area contributed by atoms with Gasteiger partial charge in [0, 0.05) is 5.56 Å². The van der Waals surface area contributed by atoms with E-state index in [4.69, 9.17) is 21.7 Å². The van der Waals surface area contributed by atoms with Crippen molar-refractivity contribution in [3.05, 3.63) is 59.2 Å². The van der Waals surface area contributed by atoms with E-state index in [1.54, 1.807) is 24.3 Å². The lowest BCUT2D eigenvalue weighted by atomic mass is 10.0. The number of amides is 2. The Morgan fingerprint density at radius 2 is 1.84 bits per heavy atom. The Balaban J connectivity index is 1.80. The van der Waals surface area contributed by atoms with E-state index in [0.29, 0.717) is 23.7 Å². The maximum atomic E-state index is 12.4. The zero-order chi connectivity index (χ0) is 23.5. The first kappa shape index (κ1) is 25.1. The molecule has 2 aromatic carbocycles. The predicted molar refractivity (Wildman–Crippen MR) is 129 cm³/mol. The number of unbranched alkanes of at least 4 members (excludes halogenated alkanes) is 1. The fourth-order valence-electron chi connectivity index (χ4n) is 2.82. The van der Waals surface area contributed by atoms with E-state index in [9.17, 15) is 9.59 Å². The number of nitrogens with one attached hydrogen (secondary N) is 3. The molecule has 0 aliphatic heterocycles. The quantitative estimate of drug-likeness (QED) is 0.300. The van der Waals surface area contributed by atoms with E-state index >= 15 is 0 Å². The summed E-state index contributed by atoms with van der Waals surface area (Å²) in [7, 11) is 0. The van der Waals surface area contributed by atoms with Crippen molar-refractivity contribution in [3.8, 4) is 11.5 Å². The second-order valence-electron chi connectivity index (χ2n) is 7.67. The van der Waals surface area contributed by atoms with Crippen molar-refractivity contribution < 1.29 is 19.1 Å². The highest BCUT2D eigenvalue weighted by Crippen LogP contribution is 2.27. The van der Waals surface area contributed by atoms with Crippen molar-refractivity contribution in [2.45, 2.75) is 46.5 Å². The van der Waals surface area contributed by atoms with Gasteiger partial charge in [-0.3, -0.25) is 25.8 Å². The van der Waals surface area contributed by atoms with Gasteiger partial charge in [0.1, 0.15) is 11.5 Å². The number of aryl methyl sites for hydroxylation is 1. The topological polar surface area (TPSA) is 88.7 Å². The van der Waals surface area contributed by atoms with Crippen LogP contribution in [-0.2, 0) is 4.79 Å². The van der Waals surface area contributed by atoms with E-state index in [1.807, 2.05) is 25.1 Å². The van der Waals surface area contributed by atoms with Gasteiger partial charge in [-0.2, -0.15) is 0 Å². The fraction of sp³-hybridized carbons (Fsp3) is 0.375. The molecular weight excluding hydrogens is 426 g/mol. The third-order valence-corrected chi connectivity index (χ3v) is 4.76. The van der Waals surface area contributed by atoms with E-state index in [0.717, 1.165) is 24.0 Å². The smallest absolute Gasteiger partial charge is 0.276 e. The molecule has 0 heterocycles. The van der Waals surface area contributed by atoms with Crippen molar-refractivity contribution in [2.24, 2.45) is 0 Å². The molecule has 8 heteroatoms. The molecule has 32 heavy (non-hydrogen) atoms. The zero-order valence-electron chi connectivity index (χ0n) is 19.0. The summed E-state index contributed by atoms with van der Waals surface area (Å²) < 4.78 is 11.3. The van der Waals surface area contributed by atoms with E-state index in [-0.39, 0.29) is 17.6 Å². The molecule has 3 N–H and O–H groups in total. The molecule has 0 radical (unpaired) electrons. The number of rotatable bonds is 9. The van der Waals surface area contributed by atoms with Gasteiger partial charge in [-0.1, -0.05) is 45.4 Å². The van der Waals surface area contributed by atoms with Crippen LogP contribution in [0.5, 0.6) is 11.5 Å². The highest BCUT2D eigenvalue weighted by molar-refractivity contribution is 7.80. The number of hydrazine groups is 1. The van der Waals surface area contributed by atoms with Crippen LogP contribution in [0.25, 0.3) is 0 Å². The molecule has 0 bridgehead atoms. The van der Waals surface area contributed by atoms with Gasteiger partial charge < -0.3 is 9.47 Å². The van der Waals surface area contributed by atoms with E-state index in [1.165, 1.54) is 0 Å². The Kier molecular flexibility index (Phi) is 9.94. The Hall–Kier alpha value is -3.13. The number of benzene rings is 2. The minimum atomic E-state index is -0.427. The van der Waals surface area contributed by atoms with E-state index < -0.39 is 11.8 Å². The molecule has 0 saturated carbocycles. The molecule has 0 fully saturated rings. The van der Waals surface area contributed by atoms with Crippen molar-refractivity contribution in [3.63, 3.8) is 0 Å². The van der Waals surface area contributed by atoms with Crippen LogP contribution in [0.15, 0.2) is 42.5 Å². The molecule has 2 aromatic rings. The third kappa shape index (κ3) is 8.19. The van der Waals surface area contributed by atoms with Gasteiger partial charge in [0.15, 0.2) is 11.7 Å². The van der Waals surface area contributed by atoms with Crippen molar-refractivity contribution in [1.82, 2.24) is 16.2 Å². The van der Waals surface area contributed by atoms with Gasteiger partial charge in [0.05, 0.1) is 6.61 Å². The molecule has 0 unspecified atom stereocenters. The Bertz CT molecular complexity index is 947. The Morgan fingerprint density at radius 1 is 1.06 bits per heavy atom. The number of hydrogen-bond acceptors (Lipinski definition) is 5. The third-order valence-electron chi connectivity index (χ3n) is 4.56. The standard InChI is InChI=1S/C24H31N3O4S/c1-5-6-12-30-19-9-7-8-18(14-19)23(29)25-24(32)27-26-22(28)15-31-21-13-17(4)10-11-20(21)16(2)3/h7-11,13-14,16H,5-6,12,15H2,1-4H3,(H,26,28)(H2,25,27,29,32). The van der Waals surface area contributed by atoms with Crippen molar-refractivity contribution >= 4 is 29.1 Å². The van der Waals surface area contributed by atoms with Crippen LogP contribution in [0.2, 0.25) is 0 Å². The lowest BCUT2D eigenvalue weighted by Crippen LogP contribution is -2.49. The highest BCUT2D eigenvalue weighted by Gasteiger charge is 2.12. The summed E-state index contributed by atoms with van der Waals surface area (Å²) in [6.45, 7) is 8.58. The zero-order valence-corrected chi connectivity index (χ0v) is 19.8. The lowest BCUT2D eigenvalue weighted by molar-refractivity contribution is -0.123. The molecule has 0 aromatic heterocycles. The number of carbonyl (C=O) groups excluding carboxylic acids is 2. The van der Waals surface area contributed by atoms with E-state index in [2.05, 4.69) is 36.9 Å². The van der Waals surface area contributed by atoms with Crippen LogP contribution in [0.4, 0.5) is 0 Å². The average Bonchev–Trinajstić information content (AvgIpc) is 2.76. The van der Waals surface area contributed by atoms with Crippen LogP contribution in [0, 0.1) is 6.92 Å². The number of hydrogen-bond donors (Lipinski definition) is 3. The Labute approximate surface area is 194 Å². The molecule has 0 aliphatic carbocycles.